The smallest absolute Gasteiger partial charge is 0.225 e. The minimum Gasteiger partial charge on any atom is -0.493 e. The third kappa shape index (κ3) is 15.8. The van der Waals surface area contributed by atoms with Gasteiger partial charge >= 0.3 is 0 Å². The zero-order chi connectivity index (χ0) is 70.3. The molecule has 12 aromatic rings. The fraction of sp³-hybridized carbons (Fsp3) is 0.280. The minimum atomic E-state index is 0.655. The first-order valence-electron chi connectivity index (χ1n) is 33.6. The normalized spacial score (nSPS) is 13.7. The Bertz CT molecular complexity index is 4780. The molecule has 27 nitrogen and oxygen atoms in total. The lowest BCUT2D eigenvalue weighted by Gasteiger charge is -2.35. The summed E-state index contributed by atoms with van der Waals surface area (Å²) >= 11 is 0. The SMILES string of the molecule is COc1cc2ncnc(N3CCN(c4ncc(NCc5ccccc5)cn4)CC3)c2cc1OC.COc1cc2ncnc(N3CCN(c4ncc(Nc5cccc(C)c5)cn4)CC3)c2cc1OC.COc1cc2ncnc(N3CCN(c4ncc(Nc5ccccc5C)cn4)CC3)c2cc1OC. The van der Waals surface area contributed by atoms with E-state index in [0.717, 1.165) is 182 Å². The van der Waals surface area contributed by atoms with Crippen molar-refractivity contribution in [2.45, 2.75) is 20.4 Å². The average molecular weight is 1370 g/mol. The van der Waals surface area contributed by atoms with Gasteiger partial charge in [0, 0.05) is 131 Å². The predicted molar refractivity (Wildman–Crippen MR) is 400 cm³/mol. The van der Waals surface area contributed by atoms with Gasteiger partial charge in [-0.3, -0.25) is 0 Å². The highest BCUT2D eigenvalue weighted by atomic mass is 16.5. The fourth-order valence-electron chi connectivity index (χ4n) is 12.5. The van der Waals surface area contributed by atoms with Crippen LogP contribution in [0.15, 0.2) is 171 Å². The molecule has 0 aliphatic carbocycles. The number of ether oxygens (including phenoxy) is 6. The Morgan fingerprint density at radius 2 is 0.676 bits per heavy atom. The highest BCUT2D eigenvalue weighted by Crippen LogP contribution is 2.39. The van der Waals surface area contributed by atoms with E-state index in [2.05, 4.69) is 149 Å². The summed E-state index contributed by atoms with van der Waals surface area (Å²) < 4.78 is 32.7. The molecule has 6 aromatic carbocycles. The van der Waals surface area contributed by atoms with Crippen molar-refractivity contribution < 1.29 is 28.4 Å². The number of aromatic nitrogens is 12. The second-order valence-electron chi connectivity index (χ2n) is 24.3. The van der Waals surface area contributed by atoms with Crippen molar-refractivity contribution in [3.8, 4) is 34.5 Å². The van der Waals surface area contributed by atoms with E-state index in [1.807, 2.05) is 122 Å². The van der Waals surface area contributed by atoms with E-state index < -0.39 is 0 Å². The van der Waals surface area contributed by atoms with Crippen LogP contribution in [0.5, 0.6) is 34.5 Å². The second kappa shape index (κ2) is 32.1. The number of aryl methyl sites for hydroxylation is 2. The van der Waals surface area contributed by atoms with E-state index in [9.17, 15) is 0 Å². The summed E-state index contributed by atoms with van der Waals surface area (Å²) in [5.74, 6) is 8.84. The van der Waals surface area contributed by atoms with Crippen LogP contribution < -0.4 is 73.8 Å². The molecule has 0 unspecified atom stereocenters. The average Bonchev–Trinajstić information content (AvgIpc) is 0.793. The maximum atomic E-state index is 5.49. The zero-order valence-corrected chi connectivity index (χ0v) is 58.4. The Hall–Kier alpha value is -12.4. The summed E-state index contributed by atoms with van der Waals surface area (Å²) in [6, 6.07) is 38.1. The lowest BCUT2D eigenvalue weighted by Crippen LogP contribution is -2.47. The van der Waals surface area contributed by atoms with Gasteiger partial charge in [-0.1, -0.05) is 60.7 Å². The van der Waals surface area contributed by atoms with Gasteiger partial charge in [0.1, 0.15) is 36.4 Å². The monoisotopic (exact) mass is 1370 g/mol. The van der Waals surface area contributed by atoms with Gasteiger partial charge in [0.25, 0.3) is 0 Å². The number of benzene rings is 6. The third-order valence-electron chi connectivity index (χ3n) is 17.9. The molecule has 3 aliphatic rings. The Morgan fingerprint density at radius 1 is 0.324 bits per heavy atom. The van der Waals surface area contributed by atoms with E-state index in [1.54, 1.807) is 61.6 Å². The molecule has 9 heterocycles. The van der Waals surface area contributed by atoms with Crippen LogP contribution in [0.1, 0.15) is 16.7 Å². The van der Waals surface area contributed by atoms with Crippen LogP contribution in [0.3, 0.4) is 0 Å². The molecule has 3 aliphatic heterocycles. The van der Waals surface area contributed by atoms with E-state index in [1.165, 1.54) is 16.7 Å². The zero-order valence-electron chi connectivity index (χ0n) is 58.4. The molecule has 0 amide bonds. The number of methoxy groups -OCH3 is 6. The highest BCUT2D eigenvalue weighted by molar-refractivity contribution is 5.94. The molecule has 27 heteroatoms. The Labute approximate surface area is 591 Å². The molecule has 3 N–H and O–H groups in total. The highest BCUT2D eigenvalue weighted by Gasteiger charge is 2.27. The molecule has 102 heavy (non-hydrogen) atoms. The predicted octanol–water partition coefficient (Wildman–Crippen LogP) is 11.0. The molecule has 0 bridgehead atoms. The van der Waals surface area contributed by atoms with E-state index in [0.29, 0.717) is 34.5 Å². The van der Waals surface area contributed by atoms with E-state index in [-0.39, 0.29) is 0 Å². The first kappa shape index (κ1) is 68.1. The molecule has 6 aromatic heterocycles. The van der Waals surface area contributed by atoms with Crippen LogP contribution in [-0.4, -0.2) is 181 Å². The van der Waals surface area contributed by atoms with Crippen LogP contribution in [-0.2, 0) is 6.54 Å². The van der Waals surface area contributed by atoms with E-state index >= 15 is 0 Å². The Morgan fingerprint density at radius 3 is 1.06 bits per heavy atom. The number of anilines is 11. The van der Waals surface area contributed by atoms with Gasteiger partial charge in [-0.15, -0.1) is 0 Å². The van der Waals surface area contributed by atoms with Gasteiger partial charge in [0.2, 0.25) is 17.8 Å². The number of nitrogens with zero attached hydrogens (tertiary/aromatic N) is 18. The standard InChI is InChI=1S/3C25H27N7O2/c1-17-5-4-6-18(11-17)30-19-14-26-25(27-15-19)32-9-7-31(8-10-32)24-20-12-22(33-2)23(34-3)13-21(20)28-16-29-24;1-17-6-4-5-7-20(17)30-18-14-26-25(27-15-18)32-10-8-31(9-11-32)24-19-12-22(33-2)23(34-3)13-21(19)28-16-29-24;1-33-22-12-20-21(13-23(22)34-2)29-17-30-24(20)31-8-10-32(11-9-31)25-27-15-19(16-28-25)26-14-18-6-4-3-5-7-18/h4-6,11-16,30H,7-10H2,1-3H3;4-7,12-16,30H,8-11H2,1-3H3;3-7,12-13,15-17,26H,8-11,14H2,1-2H3. The van der Waals surface area contributed by atoms with Crippen molar-refractivity contribution in [2.75, 3.05) is 167 Å². The van der Waals surface area contributed by atoms with Gasteiger partial charge in [-0.05, 0) is 66.9 Å². The van der Waals surface area contributed by atoms with Crippen LogP contribution in [0.2, 0.25) is 0 Å². The van der Waals surface area contributed by atoms with Crippen LogP contribution in [0, 0.1) is 13.8 Å². The summed E-state index contributed by atoms with van der Waals surface area (Å²) in [5.41, 5.74) is 10.8. The number of nitrogens with one attached hydrogen (secondary N) is 3. The number of para-hydroxylation sites is 1. The van der Waals surface area contributed by atoms with Gasteiger partial charge in [0.15, 0.2) is 34.5 Å². The molecular formula is C75H81N21O6. The number of fused-ring (bicyclic) bond motifs is 3. The van der Waals surface area contributed by atoms with Crippen molar-refractivity contribution in [1.82, 2.24) is 59.8 Å². The van der Waals surface area contributed by atoms with Gasteiger partial charge < -0.3 is 73.8 Å². The van der Waals surface area contributed by atoms with Crippen LogP contribution in [0.4, 0.5) is 63.7 Å². The lowest BCUT2D eigenvalue weighted by atomic mass is 10.2. The van der Waals surface area contributed by atoms with Crippen LogP contribution in [0.25, 0.3) is 32.7 Å². The van der Waals surface area contributed by atoms with Crippen molar-refractivity contribution in [1.29, 1.82) is 0 Å². The molecule has 522 valence electrons. The minimum absolute atomic E-state index is 0.655. The molecule has 0 atom stereocenters. The Balaban J connectivity index is 0.000000137. The van der Waals surface area contributed by atoms with Crippen molar-refractivity contribution in [2.24, 2.45) is 0 Å². The molecule has 0 saturated carbocycles. The van der Waals surface area contributed by atoms with Gasteiger partial charge in [0.05, 0.1) is 113 Å². The number of hydrogen-bond acceptors (Lipinski definition) is 27. The van der Waals surface area contributed by atoms with Crippen molar-refractivity contribution >= 4 is 96.4 Å². The topological polar surface area (TPSA) is 266 Å². The lowest BCUT2D eigenvalue weighted by molar-refractivity contribution is 0.356. The number of rotatable bonds is 19. The maximum absolute atomic E-state index is 5.49. The number of piperazine rings is 3. The third-order valence-corrected chi connectivity index (χ3v) is 17.9. The molecule has 3 fully saturated rings. The Kier molecular flexibility index (Phi) is 21.4. The first-order chi connectivity index (χ1) is 50.0. The second-order valence-corrected chi connectivity index (χ2v) is 24.3. The van der Waals surface area contributed by atoms with Gasteiger partial charge in [-0.2, -0.15) is 0 Å². The largest absolute Gasteiger partial charge is 0.493 e. The van der Waals surface area contributed by atoms with Crippen molar-refractivity contribution in [3.05, 3.63) is 188 Å². The molecule has 3 saturated heterocycles. The first-order valence-corrected chi connectivity index (χ1v) is 33.6. The summed E-state index contributed by atoms with van der Waals surface area (Å²) in [5, 5.41) is 12.9. The summed E-state index contributed by atoms with van der Waals surface area (Å²) in [6.07, 6.45) is 15.8. The number of hydrogen-bond donors (Lipinski definition) is 3. The van der Waals surface area contributed by atoms with Crippen molar-refractivity contribution in [3.63, 3.8) is 0 Å². The summed E-state index contributed by atoms with van der Waals surface area (Å²) in [6.45, 7) is 14.5. The summed E-state index contributed by atoms with van der Waals surface area (Å²) in [7, 11) is 9.77. The summed E-state index contributed by atoms with van der Waals surface area (Å²) in [4.78, 5) is 67.9. The quantitative estimate of drug-likeness (QED) is 0.0679. The molecule has 0 spiro atoms. The molecular weight excluding hydrogens is 1290 g/mol. The van der Waals surface area contributed by atoms with Crippen LogP contribution >= 0.6 is 0 Å². The van der Waals surface area contributed by atoms with E-state index in [4.69, 9.17) is 28.4 Å². The fourth-order valence-corrected chi connectivity index (χ4v) is 12.5. The van der Waals surface area contributed by atoms with Gasteiger partial charge in [-0.25, -0.2) is 59.8 Å². The molecule has 0 radical (unpaired) electrons. The molecule has 15 rings (SSSR count). The maximum Gasteiger partial charge on any atom is 0.225 e.